The maximum absolute atomic E-state index is 14.0. The molecular formula is C14H17BrFN3. The first-order chi connectivity index (χ1) is 9.06. The first-order valence-electron chi connectivity index (χ1n) is 6.36. The molecule has 0 unspecified atom stereocenters. The van der Waals surface area contributed by atoms with Crippen molar-refractivity contribution in [3.63, 3.8) is 0 Å². The molecule has 102 valence electrons. The molecule has 1 aromatic heterocycles. The minimum atomic E-state index is -0.323. The number of aromatic nitrogens is 2. The Bertz CT molecular complexity index is 576. The number of nitrogen functional groups attached to an aromatic ring is 1. The second-order valence-corrected chi connectivity index (χ2v) is 5.42. The van der Waals surface area contributed by atoms with Gasteiger partial charge in [0, 0.05) is 16.2 Å². The highest BCUT2D eigenvalue weighted by Crippen LogP contribution is 2.30. The summed E-state index contributed by atoms with van der Waals surface area (Å²) >= 11 is 3.24. The summed E-state index contributed by atoms with van der Waals surface area (Å²) < 4.78 is 16.5. The molecule has 0 aliphatic heterocycles. The summed E-state index contributed by atoms with van der Waals surface area (Å²) in [4.78, 5) is 0. The summed E-state index contributed by atoms with van der Waals surface area (Å²) in [6, 6.07) is 5.20. The third-order valence-corrected chi connectivity index (χ3v) is 3.76. The van der Waals surface area contributed by atoms with Gasteiger partial charge in [0.2, 0.25) is 0 Å². The van der Waals surface area contributed by atoms with Gasteiger partial charge in [-0.2, -0.15) is 5.10 Å². The molecule has 0 fully saturated rings. The molecule has 2 aromatic rings. The fourth-order valence-corrected chi connectivity index (χ4v) is 2.48. The topological polar surface area (TPSA) is 43.8 Å². The summed E-state index contributed by atoms with van der Waals surface area (Å²) in [6.07, 6.45) is 3.73. The van der Waals surface area contributed by atoms with E-state index in [4.69, 9.17) is 5.73 Å². The van der Waals surface area contributed by atoms with E-state index in [0.717, 1.165) is 12.8 Å². The lowest BCUT2D eigenvalue weighted by atomic mass is 10.1. The number of halogens is 2. The van der Waals surface area contributed by atoms with Crippen LogP contribution in [0.25, 0.3) is 11.3 Å². The van der Waals surface area contributed by atoms with Gasteiger partial charge in [-0.05, 0) is 31.0 Å². The van der Waals surface area contributed by atoms with Crippen LogP contribution in [0.15, 0.2) is 28.9 Å². The molecule has 1 aromatic carbocycles. The zero-order chi connectivity index (χ0) is 14.0. The van der Waals surface area contributed by atoms with Gasteiger partial charge in [0.1, 0.15) is 11.5 Å². The highest BCUT2D eigenvalue weighted by atomic mass is 79.9. The van der Waals surface area contributed by atoms with E-state index in [0.29, 0.717) is 27.5 Å². The minimum Gasteiger partial charge on any atom is -0.396 e. The van der Waals surface area contributed by atoms with Crippen LogP contribution in [-0.2, 0) is 0 Å². The molecule has 0 atom stereocenters. The summed E-state index contributed by atoms with van der Waals surface area (Å²) in [7, 11) is 0. The fraction of sp³-hybridized carbons (Fsp3) is 0.357. The van der Waals surface area contributed by atoms with E-state index in [-0.39, 0.29) is 5.82 Å². The van der Waals surface area contributed by atoms with Crippen LogP contribution in [0, 0.1) is 5.82 Å². The van der Waals surface area contributed by atoms with Crippen molar-refractivity contribution in [2.24, 2.45) is 0 Å². The number of benzene rings is 1. The molecule has 19 heavy (non-hydrogen) atoms. The number of hydrogen-bond donors (Lipinski definition) is 1. The SMILES string of the molecule is CCC(CC)n1cc(N)c(-c2ccc(Br)cc2F)n1. The van der Waals surface area contributed by atoms with Crippen LogP contribution >= 0.6 is 15.9 Å². The predicted molar refractivity (Wildman–Crippen MR) is 79.4 cm³/mol. The van der Waals surface area contributed by atoms with Gasteiger partial charge in [-0.25, -0.2) is 4.39 Å². The van der Waals surface area contributed by atoms with Crippen molar-refractivity contribution in [3.05, 3.63) is 34.7 Å². The summed E-state index contributed by atoms with van der Waals surface area (Å²) in [5.74, 6) is -0.323. The normalized spacial score (nSPS) is 11.2. The highest BCUT2D eigenvalue weighted by molar-refractivity contribution is 9.10. The molecule has 0 spiro atoms. The lowest BCUT2D eigenvalue weighted by Crippen LogP contribution is -2.07. The smallest absolute Gasteiger partial charge is 0.133 e. The zero-order valence-corrected chi connectivity index (χ0v) is 12.6. The zero-order valence-electron chi connectivity index (χ0n) is 11.0. The van der Waals surface area contributed by atoms with E-state index in [2.05, 4.69) is 34.9 Å². The fourth-order valence-electron chi connectivity index (χ4n) is 2.15. The van der Waals surface area contributed by atoms with Crippen LogP contribution in [0.3, 0.4) is 0 Å². The second kappa shape index (κ2) is 5.74. The van der Waals surface area contributed by atoms with Crippen molar-refractivity contribution in [1.29, 1.82) is 0 Å². The van der Waals surface area contributed by atoms with Gasteiger partial charge in [-0.1, -0.05) is 29.8 Å². The molecule has 3 nitrogen and oxygen atoms in total. The molecule has 2 N–H and O–H groups in total. The van der Waals surface area contributed by atoms with Crippen molar-refractivity contribution in [3.8, 4) is 11.3 Å². The Labute approximate surface area is 120 Å². The molecule has 0 aliphatic rings. The Morgan fingerprint density at radius 3 is 2.63 bits per heavy atom. The summed E-state index contributed by atoms with van der Waals surface area (Å²) in [6.45, 7) is 4.21. The first kappa shape index (κ1) is 14.1. The Hall–Kier alpha value is -1.36. The summed E-state index contributed by atoms with van der Waals surface area (Å²) in [5, 5.41) is 4.45. The van der Waals surface area contributed by atoms with Crippen LogP contribution in [0.2, 0.25) is 0 Å². The van der Waals surface area contributed by atoms with Gasteiger partial charge in [0.15, 0.2) is 0 Å². The standard InChI is InChI=1S/C14H17BrFN3/c1-3-10(4-2)19-8-13(17)14(18-19)11-6-5-9(15)7-12(11)16/h5-8,10H,3-4,17H2,1-2H3. The Balaban J connectivity index is 2.45. The lowest BCUT2D eigenvalue weighted by molar-refractivity contribution is 0.429. The molecule has 0 amide bonds. The molecular weight excluding hydrogens is 309 g/mol. The molecule has 5 heteroatoms. The van der Waals surface area contributed by atoms with Crippen LogP contribution < -0.4 is 5.73 Å². The number of nitrogens with two attached hydrogens (primary N) is 1. The number of hydrogen-bond acceptors (Lipinski definition) is 2. The summed E-state index contributed by atoms with van der Waals surface area (Å²) in [5.41, 5.74) is 7.42. The van der Waals surface area contributed by atoms with Crippen molar-refractivity contribution in [2.75, 3.05) is 5.73 Å². The van der Waals surface area contributed by atoms with Crippen molar-refractivity contribution in [1.82, 2.24) is 9.78 Å². The Morgan fingerprint density at radius 1 is 1.37 bits per heavy atom. The van der Waals surface area contributed by atoms with E-state index < -0.39 is 0 Å². The Kier molecular flexibility index (Phi) is 4.24. The van der Waals surface area contributed by atoms with E-state index >= 15 is 0 Å². The molecule has 0 saturated carbocycles. The largest absolute Gasteiger partial charge is 0.396 e. The van der Waals surface area contributed by atoms with Crippen LogP contribution in [0.5, 0.6) is 0 Å². The van der Waals surface area contributed by atoms with E-state index in [1.165, 1.54) is 6.07 Å². The lowest BCUT2D eigenvalue weighted by Gasteiger charge is -2.12. The first-order valence-corrected chi connectivity index (χ1v) is 7.16. The average molecular weight is 326 g/mol. The Morgan fingerprint density at radius 2 is 2.05 bits per heavy atom. The van der Waals surface area contributed by atoms with Crippen molar-refractivity contribution < 1.29 is 4.39 Å². The average Bonchev–Trinajstić information content (AvgIpc) is 2.73. The monoisotopic (exact) mass is 325 g/mol. The molecule has 0 bridgehead atoms. The molecule has 2 rings (SSSR count). The number of anilines is 1. The van der Waals surface area contributed by atoms with Crippen LogP contribution in [0.4, 0.5) is 10.1 Å². The van der Waals surface area contributed by atoms with E-state index in [1.807, 2.05) is 4.68 Å². The van der Waals surface area contributed by atoms with Gasteiger partial charge < -0.3 is 5.73 Å². The van der Waals surface area contributed by atoms with Crippen LogP contribution in [0.1, 0.15) is 32.7 Å². The second-order valence-electron chi connectivity index (χ2n) is 4.51. The van der Waals surface area contributed by atoms with Gasteiger partial charge in [0.25, 0.3) is 0 Å². The molecule has 0 aliphatic carbocycles. The van der Waals surface area contributed by atoms with Gasteiger partial charge in [0.05, 0.1) is 11.7 Å². The highest BCUT2D eigenvalue weighted by Gasteiger charge is 2.16. The molecule has 1 heterocycles. The third-order valence-electron chi connectivity index (χ3n) is 3.26. The number of nitrogens with zero attached hydrogens (tertiary/aromatic N) is 2. The number of rotatable bonds is 4. The van der Waals surface area contributed by atoms with Crippen LogP contribution in [-0.4, -0.2) is 9.78 Å². The van der Waals surface area contributed by atoms with Gasteiger partial charge in [-0.15, -0.1) is 0 Å². The maximum atomic E-state index is 14.0. The third kappa shape index (κ3) is 2.81. The minimum absolute atomic E-state index is 0.301. The van der Waals surface area contributed by atoms with E-state index in [1.54, 1.807) is 18.3 Å². The van der Waals surface area contributed by atoms with Gasteiger partial charge in [-0.3, -0.25) is 4.68 Å². The quantitative estimate of drug-likeness (QED) is 0.905. The maximum Gasteiger partial charge on any atom is 0.133 e. The van der Waals surface area contributed by atoms with Crippen molar-refractivity contribution in [2.45, 2.75) is 32.7 Å². The van der Waals surface area contributed by atoms with E-state index in [9.17, 15) is 4.39 Å². The molecule has 0 radical (unpaired) electrons. The molecule has 0 saturated heterocycles. The van der Waals surface area contributed by atoms with Crippen molar-refractivity contribution >= 4 is 21.6 Å². The predicted octanol–water partition coefficient (Wildman–Crippen LogP) is 4.40. The van der Waals surface area contributed by atoms with Gasteiger partial charge >= 0.3 is 0 Å².